The van der Waals surface area contributed by atoms with Crippen LogP contribution < -0.4 is 4.74 Å². The lowest BCUT2D eigenvalue weighted by atomic mass is 9.68. The van der Waals surface area contributed by atoms with Gasteiger partial charge in [0.2, 0.25) is 0 Å². The maximum absolute atomic E-state index is 13.2. The van der Waals surface area contributed by atoms with E-state index in [0.29, 0.717) is 12.4 Å². The average Bonchev–Trinajstić information content (AvgIpc) is 2.69. The Morgan fingerprint density at radius 3 is 1.96 bits per heavy atom. The molecule has 0 bridgehead atoms. The molecule has 2 fully saturated rings. The third-order valence-corrected chi connectivity index (χ3v) is 7.06. The van der Waals surface area contributed by atoms with Gasteiger partial charge in [0.1, 0.15) is 5.75 Å². The summed E-state index contributed by atoms with van der Waals surface area (Å²) >= 11 is 0. The van der Waals surface area contributed by atoms with Crippen LogP contribution in [0.5, 0.6) is 5.75 Å². The van der Waals surface area contributed by atoms with Gasteiger partial charge in [0.25, 0.3) is 0 Å². The van der Waals surface area contributed by atoms with Gasteiger partial charge in [-0.25, -0.2) is 8.78 Å². The normalized spacial score (nSPS) is 28.9. The van der Waals surface area contributed by atoms with Crippen molar-refractivity contribution >= 4 is 0 Å². The van der Waals surface area contributed by atoms with E-state index in [1.807, 2.05) is 0 Å². The summed E-state index contributed by atoms with van der Waals surface area (Å²) in [5.41, 5.74) is 0. The van der Waals surface area contributed by atoms with Crippen molar-refractivity contribution in [2.24, 2.45) is 23.7 Å². The van der Waals surface area contributed by atoms with Crippen LogP contribution >= 0.6 is 0 Å². The van der Waals surface area contributed by atoms with Crippen LogP contribution in [0.3, 0.4) is 0 Å². The smallest absolute Gasteiger partial charge is 0.162 e. The number of hydrogen-bond donors (Lipinski definition) is 0. The third kappa shape index (κ3) is 6.19. The molecule has 0 unspecified atom stereocenters. The van der Waals surface area contributed by atoms with Gasteiger partial charge < -0.3 is 4.74 Å². The molecule has 3 rings (SSSR count). The molecule has 0 radical (unpaired) electrons. The van der Waals surface area contributed by atoms with Gasteiger partial charge in [-0.3, -0.25) is 0 Å². The lowest BCUT2D eigenvalue weighted by Crippen LogP contribution is -2.26. The molecule has 3 heteroatoms. The van der Waals surface area contributed by atoms with Crippen molar-refractivity contribution in [2.45, 2.75) is 84.0 Å². The molecule has 0 aliphatic heterocycles. The summed E-state index contributed by atoms with van der Waals surface area (Å²) in [5, 5.41) is 0. The van der Waals surface area contributed by atoms with Crippen molar-refractivity contribution in [3.63, 3.8) is 0 Å². The van der Waals surface area contributed by atoms with Crippen molar-refractivity contribution in [1.82, 2.24) is 0 Å². The molecule has 0 amide bonds. The Labute approximate surface area is 163 Å². The quantitative estimate of drug-likeness (QED) is 0.425. The summed E-state index contributed by atoms with van der Waals surface area (Å²) < 4.78 is 31.7. The Morgan fingerprint density at radius 2 is 1.41 bits per heavy atom. The zero-order chi connectivity index (χ0) is 19.1. The van der Waals surface area contributed by atoms with Crippen LogP contribution in [0.1, 0.15) is 84.0 Å². The second-order valence-corrected chi connectivity index (χ2v) is 8.92. The Kier molecular flexibility index (Phi) is 7.96. The minimum Gasteiger partial charge on any atom is -0.493 e. The highest BCUT2D eigenvalue weighted by molar-refractivity contribution is 5.23. The van der Waals surface area contributed by atoms with Gasteiger partial charge in [-0.1, -0.05) is 45.4 Å². The maximum atomic E-state index is 13.2. The summed E-state index contributed by atoms with van der Waals surface area (Å²) in [5.74, 6) is 2.57. The van der Waals surface area contributed by atoms with Crippen LogP contribution in [0.15, 0.2) is 18.2 Å². The standard InChI is InChI=1S/C24H36F2O/c1-2-4-18-6-10-20(11-7-18)21-12-8-19(9-13-21)5-3-16-27-22-14-15-23(25)24(26)17-22/h14-15,17-21H,2-13,16H2,1H3. The van der Waals surface area contributed by atoms with E-state index < -0.39 is 11.6 Å². The molecule has 0 aromatic heterocycles. The van der Waals surface area contributed by atoms with Gasteiger partial charge in [0, 0.05) is 6.07 Å². The first-order valence-corrected chi connectivity index (χ1v) is 11.2. The monoisotopic (exact) mass is 378 g/mol. The van der Waals surface area contributed by atoms with Crippen LogP contribution in [0.25, 0.3) is 0 Å². The van der Waals surface area contributed by atoms with Crippen LogP contribution in [-0.2, 0) is 0 Å². The summed E-state index contributed by atoms with van der Waals surface area (Å²) in [4.78, 5) is 0. The number of rotatable bonds is 8. The van der Waals surface area contributed by atoms with Crippen molar-refractivity contribution in [2.75, 3.05) is 6.61 Å². The highest BCUT2D eigenvalue weighted by Gasteiger charge is 2.30. The SMILES string of the molecule is CCCC1CCC(C2CCC(CCCOc3ccc(F)c(F)c3)CC2)CC1. The topological polar surface area (TPSA) is 9.23 Å². The summed E-state index contributed by atoms with van der Waals surface area (Å²) in [7, 11) is 0. The first-order valence-electron chi connectivity index (χ1n) is 11.2. The van der Waals surface area contributed by atoms with E-state index in [1.54, 1.807) is 0 Å². The van der Waals surface area contributed by atoms with Crippen molar-refractivity contribution in [3.05, 3.63) is 29.8 Å². The van der Waals surface area contributed by atoms with Crippen LogP contribution in [0.2, 0.25) is 0 Å². The first-order chi connectivity index (χ1) is 13.2. The number of ether oxygens (including phenoxy) is 1. The molecule has 0 heterocycles. The minimum atomic E-state index is -0.838. The fourth-order valence-electron chi connectivity index (χ4n) is 5.43. The lowest BCUT2D eigenvalue weighted by molar-refractivity contribution is 0.138. The fourth-order valence-corrected chi connectivity index (χ4v) is 5.43. The molecule has 0 atom stereocenters. The number of halogens is 2. The highest BCUT2D eigenvalue weighted by Crippen LogP contribution is 2.42. The van der Waals surface area contributed by atoms with Gasteiger partial charge in [0.15, 0.2) is 11.6 Å². The van der Waals surface area contributed by atoms with Crippen molar-refractivity contribution in [3.8, 4) is 5.75 Å². The molecule has 2 aliphatic carbocycles. The van der Waals surface area contributed by atoms with Crippen LogP contribution in [0.4, 0.5) is 8.78 Å². The van der Waals surface area contributed by atoms with Gasteiger partial charge in [-0.05, 0) is 74.3 Å². The van der Waals surface area contributed by atoms with E-state index in [-0.39, 0.29) is 0 Å². The molecule has 1 aromatic carbocycles. The molecular weight excluding hydrogens is 342 g/mol. The Hall–Kier alpha value is -1.12. The second-order valence-electron chi connectivity index (χ2n) is 8.92. The van der Waals surface area contributed by atoms with Gasteiger partial charge in [-0.15, -0.1) is 0 Å². The highest BCUT2D eigenvalue weighted by atomic mass is 19.2. The molecular formula is C24H36F2O. The third-order valence-electron chi connectivity index (χ3n) is 7.06. The molecule has 2 aliphatic rings. The molecule has 1 aromatic rings. The van der Waals surface area contributed by atoms with Gasteiger partial charge in [-0.2, -0.15) is 0 Å². The second kappa shape index (κ2) is 10.4. The Morgan fingerprint density at radius 1 is 0.815 bits per heavy atom. The minimum absolute atomic E-state index is 0.427. The molecule has 152 valence electrons. The van der Waals surface area contributed by atoms with E-state index in [1.165, 1.54) is 76.7 Å². The summed E-state index contributed by atoms with van der Waals surface area (Å²) in [6, 6.07) is 3.76. The molecule has 27 heavy (non-hydrogen) atoms. The predicted octanol–water partition coefficient (Wildman–Crippen LogP) is 7.54. The largest absolute Gasteiger partial charge is 0.493 e. The maximum Gasteiger partial charge on any atom is 0.162 e. The van der Waals surface area contributed by atoms with Crippen LogP contribution in [-0.4, -0.2) is 6.61 Å². The molecule has 1 nitrogen and oxygen atoms in total. The van der Waals surface area contributed by atoms with E-state index in [4.69, 9.17) is 4.74 Å². The van der Waals surface area contributed by atoms with E-state index >= 15 is 0 Å². The molecule has 0 N–H and O–H groups in total. The first kappa shape index (κ1) is 20.6. The van der Waals surface area contributed by atoms with E-state index in [2.05, 4.69) is 6.92 Å². The van der Waals surface area contributed by atoms with Crippen molar-refractivity contribution < 1.29 is 13.5 Å². The Balaban J connectivity index is 1.29. The summed E-state index contributed by atoms with van der Waals surface area (Å²) in [6.07, 6.45) is 16.4. The van der Waals surface area contributed by atoms with Crippen molar-refractivity contribution in [1.29, 1.82) is 0 Å². The lowest BCUT2D eigenvalue weighted by Gasteiger charge is -2.38. The number of hydrogen-bond acceptors (Lipinski definition) is 1. The molecule has 2 saturated carbocycles. The molecule has 0 saturated heterocycles. The zero-order valence-corrected chi connectivity index (χ0v) is 16.9. The average molecular weight is 379 g/mol. The fraction of sp³-hybridized carbons (Fsp3) is 0.750. The van der Waals surface area contributed by atoms with Gasteiger partial charge in [0.05, 0.1) is 6.61 Å². The van der Waals surface area contributed by atoms with E-state index in [9.17, 15) is 8.78 Å². The number of benzene rings is 1. The van der Waals surface area contributed by atoms with E-state index in [0.717, 1.165) is 42.2 Å². The molecule has 0 spiro atoms. The van der Waals surface area contributed by atoms with Gasteiger partial charge >= 0.3 is 0 Å². The summed E-state index contributed by atoms with van der Waals surface area (Å²) in [6.45, 7) is 2.91. The predicted molar refractivity (Wildman–Crippen MR) is 107 cm³/mol. The Bertz CT molecular complexity index is 557. The van der Waals surface area contributed by atoms with Crippen LogP contribution in [0, 0.1) is 35.3 Å². The zero-order valence-electron chi connectivity index (χ0n) is 16.9.